The van der Waals surface area contributed by atoms with Crippen molar-refractivity contribution in [1.29, 1.82) is 0 Å². The molecule has 1 fully saturated rings. The molecule has 0 spiro atoms. The van der Waals surface area contributed by atoms with Crippen LogP contribution in [0.1, 0.15) is 36.0 Å². The Morgan fingerprint density at radius 2 is 2.04 bits per heavy atom. The quantitative estimate of drug-likeness (QED) is 0.724. The lowest BCUT2D eigenvalue weighted by atomic mass is 10.2. The first-order chi connectivity index (χ1) is 12.0. The molecular formula is C16H20N4O4S. The van der Waals surface area contributed by atoms with E-state index in [1.807, 2.05) is 0 Å². The minimum atomic E-state index is -3.78. The number of anilines is 1. The third-order valence-corrected chi connectivity index (χ3v) is 5.68. The number of aromatic nitrogens is 2. The highest BCUT2D eigenvalue weighted by Gasteiger charge is 2.26. The van der Waals surface area contributed by atoms with Crippen molar-refractivity contribution in [2.45, 2.75) is 36.6 Å². The van der Waals surface area contributed by atoms with E-state index in [1.54, 1.807) is 6.07 Å². The molecule has 3 rings (SSSR count). The fraction of sp³-hybridized carbons (Fsp3) is 0.375. The Balaban J connectivity index is 1.87. The SMILES string of the molecule is COc1ccc(C(=O)Nc2ccn[nH]2)cc1S(=O)(=O)NC1CCCC1. The predicted octanol–water partition coefficient (Wildman–Crippen LogP) is 1.89. The molecule has 0 saturated heterocycles. The number of carbonyl (C=O) groups excluding carboxylic acids is 1. The van der Waals surface area contributed by atoms with Gasteiger partial charge in [0.2, 0.25) is 10.0 Å². The lowest BCUT2D eigenvalue weighted by Crippen LogP contribution is -2.33. The maximum atomic E-state index is 12.7. The summed E-state index contributed by atoms with van der Waals surface area (Å²) >= 11 is 0. The van der Waals surface area contributed by atoms with E-state index in [9.17, 15) is 13.2 Å². The summed E-state index contributed by atoms with van der Waals surface area (Å²) in [6.07, 6.45) is 5.17. The molecule has 1 aromatic carbocycles. The summed E-state index contributed by atoms with van der Waals surface area (Å²) in [6.45, 7) is 0. The summed E-state index contributed by atoms with van der Waals surface area (Å²) in [5.74, 6) is 0.183. The van der Waals surface area contributed by atoms with Gasteiger partial charge in [-0.3, -0.25) is 9.89 Å². The fourth-order valence-corrected chi connectivity index (χ4v) is 4.37. The van der Waals surface area contributed by atoms with E-state index in [-0.39, 0.29) is 22.3 Å². The number of benzene rings is 1. The maximum absolute atomic E-state index is 12.7. The first-order valence-electron chi connectivity index (χ1n) is 8.01. The van der Waals surface area contributed by atoms with Gasteiger partial charge < -0.3 is 10.1 Å². The average molecular weight is 364 g/mol. The van der Waals surface area contributed by atoms with Gasteiger partial charge in [-0.2, -0.15) is 5.10 Å². The number of rotatable bonds is 6. The number of hydrogen-bond donors (Lipinski definition) is 3. The molecule has 0 aliphatic heterocycles. The molecule has 1 amide bonds. The number of amides is 1. The van der Waals surface area contributed by atoms with E-state index in [0.717, 1.165) is 25.7 Å². The van der Waals surface area contributed by atoms with Crippen molar-refractivity contribution in [3.8, 4) is 5.75 Å². The van der Waals surface area contributed by atoms with E-state index >= 15 is 0 Å². The summed E-state index contributed by atoms with van der Waals surface area (Å²) in [5, 5.41) is 8.98. The molecule has 134 valence electrons. The van der Waals surface area contributed by atoms with E-state index in [1.165, 1.54) is 31.5 Å². The summed E-state index contributed by atoms with van der Waals surface area (Å²) in [4.78, 5) is 12.3. The van der Waals surface area contributed by atoms with Crippen molar-refractivity contribution in [3.63, 3.8) is 0 Å². The molecule has 1 heterocycles. The summed E-state index contributed by atoms with van der Waals surface area (Å²) < 4.78 is 33.3. The number of sulfonamides is 1. The van der Waals surface area contributed by atoms with Crippen LogP contribution in [0.5, 0.6) is 5.75 Å². The Morgan fingerprint density at radius 1 is 1.28 bits per heavy atom. The highest BCUT2D eigenvalue weighted by Crippen LogP contribution is 2.27. The van der Waals surface area contributed by atoms with Gasteiger partial charge in [0.1, 0.15) is 16.5 Å². The van der Waals surface area contributed by atoms with Gasteiger partial charge in [-0.1, -0.05) is 12.8 Å². The van der Waals surface area contributed by atoms with Crippen molar-refractivity contribution in [2.75, 3.05) is 12.4 Å². The van der Waals surface area contributed by atoms with Gasteiger partial charge in [-0.15, -0.1) is 0 Å². The number of nitrogens with one attached hydrogen (secondary N) is 3. The van der Waals surface area contributed by atoms with Crippen LogP contribution in [-0.2, 0) is 10.0 Å². The molecule has 9 heteroatoms. The summed E-state index contributed by atoms with van der Waals surface area (Å²) in [6, 6.07) is 5.84. The highest BCUT2D eigenvalue weighted by molar-refractivity contribution is 7.89. The van der Waals surface area contributed by atoms with Gasteiger partial charge in [0.15, 0.2) is 0 Å². The second kappa shape index (κ2) is 7.24. The molecule has 1 saturated carbocycles. The molecule has 0 atom stereocenters. The first kappa shape index (κ1) is 17.4. The number of ether oxygens (including phenoxy) is 1. The van der Waals surface area contributed by atoms with Gasteiger partial charge in [0.05, 0.1) is 13.3 Å². The van der Waals surface area contributed by atoms with Crippen LogP contribution in [0.15, 0.2) is 35.4 Å². The van der Waals surface area contributed by atoms with Crippen molar-refractivity contribution in [1.82, 2.24) is 14.9 Å². The van der Waals surface area contributed by atoms with Crippen LogP contribution < -0.4 is 14.8 Å². The molecule has 8 nitrogen and oxygen atoms in total. The second-order valence-electron chi connectivity index (χ2n) is 5.89. The number of nitrogens with zero attached hydrogens (tertiary/aromatic N) is 1. The third kappa shape index (κ3) is 3.99. The lowest BCUT2D eigenvalue weighted by molar-refractivity contribution is 0.102. The molecule has 1 aromatic heterocycles. The number of aromatic amines is 1. The number of methoxy groups -OCH3 is 1. The zero-order chi connectivity index (χ0) is 17.9. The van der Waals surface area contributed by atoms with Crippen molar-refractivity contribution < 1.29 is 17.9 Å². The third-order valence-electron chi connectivity index (χ3n) is 4.14. The molecule has 2 aromatic rings. The largest absolute Gasteiger partial charge is 0.495 e. The molecule has 0 unspecified atom stereocenters. The highest BCUT2D eigenvalue weighted by atomic mass is 32.2. The van der Waals surface area contributed by atoms with E-state index < -0.39 is 15.9 Å². The van der Waals surface area contributed by atoms with Crippen molar-refractivity contribution in [2.24, 2.45) is 0 Å². The zero-order valence-electron chi connectivity index (χ0n) is 13.8. The molecular weight excluding hydrogens is 344 g/mol. The first-order valence-corrected chi connectivity index (χ1v) is 9.49. The van der Waals surface area contributed by atoms with Gasteiger partial charge in [-0.25, -0.2) is 13.1 Å². The van der Waals surface area contributed by atoms with E-state index in [0.29, 0.717) is 5.82 Å². The van der Waals surface area contributed by atoms with Crippen LogP contribution in [0.25, 0.3) is 0 Å². The smallest absolute Gasteiger partial charge is 0.256 e. The number of H-pyrrole nitrogens is 1. The van der Waals surface area contributed by atoms with Gasteiger partial charge in [-0.05, 0) is 31.0 Å². The Bertz CT molecular complexity index is 843. The number of carbonyl (C=O) groups is 1. The average Bonchev–Trinajstić information content (AvgIpc) is 3.28. The summed E-state index contributed by atoms with van der Waals surface area (Å²) in [5.41, 5.74) is 0.210. The Kier molecular flexibility index (Phi) is 5.05. The maximum Gasteiger partial charge on any atom is 0.256 e. The van der Waals surface area contributed by atoms with Gasteiger partial charge in [0, 0.05) is 17.7 Å². The lowest BCUT2D eigenvalue weighted by Gasteiger charge is -2.15. The van der Waals surface area contributed by atoms with Crippen LogP contribution in [0.3, 0.4) is 0 Å². The standard InChI is InChI=1S/C16H20N4O4S/c1-24-13-7-6-11(16(21)18-15-8-9-17-19-15)10-14(13)25(22,23)20-12-4-2-3-5-12/h6-10,12,20H,2-5H2,1H3,(H2,17,18,19,21). The molecule has 0 radical (unpaired) electrons. The minimum absolute atomic E-state index is 0.0424. The van der Waals surface area contributed by atoms with E-state index in [2.05, 4.69) is 20.2 Å². The molecule has 0 bridgehead atoms. The predicted molar refractivity (Wildman–Crippen MR) is 92.1 cm³/mol. The van der Waals surface area contributed by atoms with Crippen LogP contribution in [-0.4, -0.2) is 37.7 Å². The normalized spacial score (nSPS) is 15.2. The van der Waals surface area contributed by atoms with Crippen LogP contribution in [0.2, 0.25) is 0 Å². The van der Waals surface area contributed by atoms with Crippen molar-refractivity contribution >= 4 is 21.7 Å². The monoisotopic (exact) mass is 364 g/mol. The topological polar surface area (TPSA) is 113 Å². The number of hydrogen-bond acceptors (Lipinski definition) is 5. The van der Waals surface area contributed by atoms with Gasteiger partial charge >= 0.3 is 0 Å². The Labute approximate surface area is 146 Å². The Morgan fingerprint density at radius 3 is 2.68 bits per heavy atom. The zero-order valence-corrected chi connectivity index (χ0v) is 14.6. The van der Waals surface area contributed by atoms with Crippen LogP contribution in [0, 0.1) is 0 Å². The van der Waals surface area contributed by atoms with Crippen LogP contribution >= 0.6 is 0 Å². The van der Waals surface area contributed by atoms with Crippen LogP contribution in [0.4, 0.5) is 5.82 Å². The van der Waals surface area contributed by atoms with Crippen molar-refractivity contribution in [3.05, 3.63) is 36.0 Å². The molecule has 1 aliphatic carbocycles. The summed E-state index contributed by atoms with van der Waals surface area (Å²) in [7, 11) is -2.38. The van der Waals surface area contributed by atoms with Gasteiger partial charge in [0.25, 0.3) is 5.91 Å². The second-order valence-corrected chi connectivity index (χ2v) is 7.58. The minimum Gasteiger partial charge on any atom is -0.495 e. The fourth-order valence-electron chi connectivity index (χ4n) is 2.87. The molecule has 25 heavy (non-hydrogen) atoms. The Hall–Kier alpha value is -2.39. The van der Waals surface area contributed by atoms with E-state index in [4.69, 9.17) is 4.74 Å². The molecule has 1 aliphatic rings. The molecule has 3 N–H and O–H groups in total.